The number of nitrogens with two attached hydrogens (primary N) is 1. The smallest absolute Gasteiger partial charge is 0.271 e. The zero-order valence-electron chi connectivity index (χ0n) is 10.8. The second-order valence-electron chi connectivity index (χ2n) is 4.80. The summed E-state index contributed by atoms with van der Waals surface area (Å²) in [6.45, 7) is 9.00. The Bertz CT molecular complexity index is 381. The number of hydrogen-bond donors (Lipinski definition) is 2. The van der Waals surface area contributed by atoms with Crippen LogP contribution in [0.5, 0.6) is 0 Å². The van der Waals surface area contributed by atoms with Gasteiger partial charge in [0.2, 0.25) is 0 Å². The van der Waals surface area contributed by atoms with E-state index in [1.165, 1.54) is 0 Å². The zero-order valence-corrected chi connectivity index (χ0v) is 11.6. The summed E-state index contributed by atoms with van der Waals surface area (Å²) >= 11 is 0. The second kappa shape index (κ2) is 6.02. The van der Waals surface area contributed by atoms with Gasteiger partial charge < -0.3 is 11.1 Å². The van der Waals surface area contributed by atoms with Crippen molar-refractivity contribution in [2.24, 2.45) is 5.73 Å². The number of rotatable bonds is 3. The molecule has 0 saturated heterocycles. The van der Waals surface area contributed by atoms with Crippen LogP contribution in [-0.2, 0) is 5.54 Å². The number of nitrogens with zero attached hydrogens (tertiary/aromatic N) is 2. The summed E-state index contributed by atoms with van der Waals surface area (Å²) in [4.78, 5) is 11.7. The van der Waals surface area contributed by atoms with Crippen LogP contribution in [-0.4, -0.2) is 28.8 Å². The highest BCUT2D eigenvalue weighted by molar-refractivity contribution is 5.92. The molecule has 1 rings (SSSR count). The molecule has 0 radical (unpaired) electrons. The second-order valence-corrected chi connectivity index (χ2v) is 4.80. The number of aromatic nitrogens is 2. The summed E-state index contributed by atoms with van der Waals surface area (Å²) in [5.41, 5.74) is 6.63. The van der Waals surface area contributed by atoms with Gasteiger partial charge in [0.05, 0.1) is 5.54 Å². The van der Waals surface area contributed by atoms with Gasteiger partial charge in [-0.2, -0.15) is 5.10 Å². The molecule has 5 nitrogen and oxygen atoms in total. The Morgan fingerprint density at radius 2 is 2.12 bits per heavy atom. The topological polar surface area (TPSA) is 72.9 Å². The summed E-state index contributed by atoms with van der Waals surface area (Å²) in [5, 5.41) is 7.00. The molecule has 1 heterocycles. The number of carbonyl (C=O) groups is 1. The first-order valence-electron chi connectivity index (χ1n) is 5.41. The van der Waals surface area contributed by atoms with Gasteiger partial charge >= 0.3 is 0 Å². The molecule has 0 bridgehead atoms. The highest BCUT2D eigenvalue weighted by Gasteiger charge is 2.19. The number of carbonyl (C=O) groups excluding carboxylic acids is 1. The molecule has 1 amide bonds. The Morgan fingerprint density at radius 3 is 2.53 bits per heavy atom. The summed E-state index contributed by atoms with van der Waals surface area (Å²) in [6.07, 6.45) is 0. The van der Waals surface area contributed by atoms with Crippen molar-refractivity contribution >= 4 is 18.3 Å². The predicted molar refractivity (Wildman–Crippen MR) is 70.6 cm³/mol. The van der Waals surface area contributed by atoms with Gasteiger partial charge in [-0.25, -0.2) is 0 Å². The Balaban J connectivity index is 0.00000256. The molecule has 0 fully saturated rings. The minimum Gasteiger partial charge on any atom is -0.349 e. The van der Waals surface area contributed by atoms with Crippen LogP contribution in [0.4, 0.5) is 0 Å². The SMILES string of the molecule is Cc1cc(C(=O)NCCN)nn1C(C)(C)C.Cl. The van der Waals surface area contributed by atoms with Crippen LogP contribution in [0.3, 0.4) is 0 Å². The predicted octanol–water partition coefficient (Wildman–Crippen LogP) is 1.06. The van der Waals surface area contributed by atoms with Gasteiger partial charge in [-0.1, -0.05) is 0 Å². The van der Waals surface area contributed by atoms with Crippen molar-refractivity contribution in [3.8, 4) is 0 Å². The van der Waals surface area contributed by atoms with Crippen molar-refractivity contribution < 1.29 is 4.79 Å². The van der Waals surface area contributed by atoms with E-state index in [2.05, 4.69) is 31.2 Å². The molecular weight excluding hydrogens is 240 g/mol. The summed E-state index contributed by atoms with van der Waals surface area (Å²) in [7, 11) is 0. The van der Waals surface area contributed by atoms with E-state index < -0.39 is 0 Å². The van der Waals surface area contributed by atoms with E-state index in [1.807, 2.05) is 11.6 Å². The molecule has 0 atom stereocenters. The Morgan fingerprint density at radius 1 is 1.53 bits per heavy atom. The van der Waals surface area contributed by atoms with Crippen LogP contribution in [0.15, 0.2) is 6.07 Å². The fraction of sp³-hybridized carbons (Fsp3) is 0.636. The van der Waals surface area contributed by atoms with Crippen LogP contribution in [0.2, 0.25) is 0 Å². The number of amides is 1. The van der Waals surface area contributed by atoms with E-state index in [-0.39, 0.29) is 23.9 Å². The van der Waals surface area contributed by atoms with Gasteiger partial charge in [-0.15, -0.1) is 12.4 Å². The minimum atomic E-state index is -0.170. The highest BCUT2D eigenvalue weighted by atomic mass is 35.5. The average molecular weight is 261 g/mol. The van der Waals surface area contributed by atoms with E-state index in [4.69, 9.17) is 5.73 Å². The van der Waals surface area contributed by atoms with Crippen molar-refractivity contribution in [2.45, 2.75) is 33.2 Å². The Labute approximate surface area is 108 Å². The lowest BCUT2D eigenvalue weighted by atomic mass is 10.1. The zero-order chi connectivity index (χ0) is 12.3. The van der Waals surface area contributed by atoms with E-state index in [0.29, 0.717) is 18.8 Å². The largest absolute Gasteiger partial charge is 0.349 e. The van der Waals surface area contributed by atoms with Gasteiger partial charge in [0.25, 0.3) is 5.91 Å². The maximum absolute atomic E-state index is 11.7. The molecule has 0 aliphatic heterocycles. The number of hydrogen-bond acceptors (Lipinski definition) is 3. The summed E-state index contributed by atoms with van der Waals surface area (Å²) < 4.78 is 1.85. The normalized spacial score (nSPS) is 10.9. The van der Waals surface area contributed by atoms with Crippen LogP contribution >= 0.6 is 12.4 Å². The van der Waals surface area contributed by atoms with Gasteiger partial charge in [-0.3, -0.25) is 9.48 Å². The molecule has 1 aromatic rings. The highest BCUT2D eigenvalue weighted by Crippen LogP contribution is 2.16. The number of nitrogens with one attached hydrogen (secondary N) is 1. The van der Waals surface area contributed by atoms with Gasteiger partial charge in [0, 0.05) is 18.8 Å². The lowest BCUT2D eigenvalue weighted by molar-refractivity contribution is 0.0948. The van der Waals surface area contributed by atoms with Crippen molar-refractivity contribution in [1.82, 2.24) is 15.1 Å². The van der Waals surface area contributed by atoms with Gasteiger partial charge in [0.15, 0.2) is 0 Å². The molecule has 98 valence electrons. The van der Waals surface area contributed by atoms with Crippen molar-refractivity contribution in [1.29, 1.82) is 0 Å². The molecule has 6 heteroatoms. The molecule has 3 N–H and O–H groups in total. The molecule has 1 aromatic heterocycles. The first kappa shape index (κ1) is 15.9. The fourth-order valence-electron chi connectivity index (χ4n) is 1.54. The first-order valence-corrected chi connectivity index (χ1v) is 5.41. The van der Waals surface area contributed by atoms with Crippen LogP contribution in [0.1, 0.15) is 37.0 Å². The van der Waals surface area contributed by atoms with E-state index in [0.717, 1.165) is 5.69 Å². The van der Waals surface area contributed by atoms with Gasteiger partial charge in [-0.05, 0) is 33.8 Å². The Kier molecular flexibility index (Phi) is 5.64. The molecular formula is C11H21ClN4O. The third-order valence-electron chi connectivity index (χ3n) is 2.19. The van der Waals surface area contributed by atoms with Crippen molar-refractivity contribution in [2.75, 3.05) is 13.1 Å². The lowest BCUT2D eigenvalue weighted by Crippen LogP contribution is -2.30. The quantitative estimate of drug-likeness (QED) is 0.854. The lowest BCUT2D eigenvalue weighted by Gasteiger charge is -2.21. The van der Waals surface area contributed by atoms with Crippen LogP contribution < -0.4 is 11.1 Å². The third-order valence-corrected chi connectivity index (χ3v) is 2.19. The third kappa shape index (κ3) is 4.02. The van der Waals surface area contributed by atoms with Crippen LogP contribution in [0, 0.1) is 6.92 Å². The molecule has 0 aromatic carbocycles. The molecule has 0 aliphatic carbocycles. The average Bonchev–Trinajstić information content (AvgIpc) is 2.56. The van der Waals surface area contributed by atoms with E-state index >= 15 is 0 Å². The first-order chi connectivity index (χ1) is 7.36. The Hall–Kier alpha value is -1.07. The maximum atomic E-state index is 11.7. The van der Waals surface area contributed by atoms with E-state index in [9.17, 15) is 4.79 Å². The summed E-state index contributed by atoms with van der Waals surface area (Å²) in [5.74, 6) is -0.170. The number of aryl methyl sites for hydroxylation is 1. The van der Waals surface area contributed by atoms with E-state index in [1.54, 1.807) is 6.07 Å². The maximum Gasteiger partial charge on any atom is 0.271 e. The molecule has 0 spiro atoms. The van der Waals surface area contributed by atoms with Crippen molar-refractivity contribution in [3.63, 3.8) is 0 Å². The molecule has 0 saturated carbocycles. The molecule has 0 aliphatic rings. The summed E-state index contributed by atoms with van der Waals surface area (Å²) in [6, 6.07) is 1.79. The fourth-order valence-corrected chi connectivity index (χ4v) is 1.54. The van der Waals surface area contributed by atoms with Crippen LogP contribution in [0.25, 0.3) is 0 Å². The van der Waals surface area contributed by atoms with Crippen molar-refractivity contribution in [3.05, 3.63) is 17.5 Å². The number of halogens is 1. The molecule has 17 heavy (non-hydrogen) atoms. The van der Waals surface area contributed by atoms with Gasteiger partial charge in [0.1, 0.15) is 5.69 Å². The molecule has 0 unspecified atom stereocenters. The standard InChI is InChI=1S/C11H20N4O.ClH/c1-8-7-9(10(16)13-6-5-12)14-15(8)11(2,3)4;/h7H,5-6,12H2,1-4H3,(H,13,16);1H. The monoisotopic (exact) mass is 260 g/mol. The minimum absolute atomic E-state index is 0.